The van der Waals surface area contributed by atoms with E-state index in [0.717, 1.165) is 26.1 Å². The van der Waals surface area contributed by atoms with Crippen LogP contribution in [-0.4, -0.2) is 52.9 Å². The van der Waals surface area contributed by atoms with Gasteiger partial charge in [-0.05, 0) is 51.8 Å². The molecular weight excluding hydrogens is 256 g/mol. The van der Waals surface area contributed by atoms with Crippen molar-refractivity contribution >= 4 is 11.8 Å². The lowest BCUT2D eigenvalue weighted by Gasteiger charge is -2.29. The Kier molecular flexibility index (Phi) is 4.54. The second-order valence-electron chi connectivity index (χ2n) is 5.59. The first kappa shape index (κ1) is 14.7. The maximum atomic E-state index is 11.4. The zero-order valence-electron chi connectivity index (χ0n) is 12.3. The van der Waals surface area contributed by atoms with Gasteiger partial charge in [-0.1, -0.05) is 0 Å². The number of carboxylic acid groups (broad SMARTS) is 1. The van der Waals surface area contributed by atoms with Crippen molar-refractivity contribution in [3.8, 4) is 0 Å². The molecule has 2 heterocycles. The Bertz CT molecular complexity index is 504. The van der Waals surface area contributed by atoms with E-state index >= 15 is 0 Å². The predicted molar refractivity (Wildman–Crippen MR) is 77.2 cm³/mol. The van der Waals surface area contributed by atoms with Crippen molar-refractivity contribution in [2.45, 2.75) is 26.7 Å². The van der Waals surface area contributed by atoms with Crippen LogP contribution in [0.4, 0.5) is 5.82 Å². The van der Waals surface area contributed by atoms with Gasteiger partial charge in [0.25, 0.3) is 0 Å². The number of carbonyl (C=O) groups is 1. The summed E-state index contributed by atoms with van der Waals surface area (Å²) in [5, 5.41) is 20.5. The Labute approximate surface area is 119 Å². The monoisotopic (exact) mass is 278 g/mol. The van der Waals surface area contributed by atoms with Crippen LogP contribution >= 0.6 is 0 Å². The highest BCUT2D eigenvalue weighted by atomic mass is 16.4. The molecule has 0 amide bonds. The predicted octanol–water partition coefficient (Wildman–Crippen LogP) is 1.55. The number of nitrogens with zero attached hydrogens (tertiary/aromatic N) is 3. The first-order valence-corrected chi connectivity index (χ1v) is 6.98. The van der Waals surface area contributed by atoms with Gasteiger partial charge >= 0.3 is 5.97 Å². The van der Waals surface area contributed by atoms with E-state index in [4.69, 9.17) is 0 Å². The van der Waals surface area contributed by atoms with Gasteiger partial charge in [-0.15, -0.1) is 5.10 Å². The number of aryl methyl sites for hydroxylation is 1. The summed E-state index contributed by atoms with van der Waals surface area (Å²) in [7, 11) is 2.12. The molecule has 6 heteroatoms. The molecule has 0 spiro atoms. The molecule has 1 fully saturated rings. The molecule has 1 aromatic rings. The van der Waals surface area contributed by atoms with E-state index in [-0.39, 0.29) is 5.56 Å². The fraction of sp³-hybridized carbons (Fsp3) is 0.643. The van der Waals surface area contributed by atoms with Crippen molar-refractivity contribution in [3.05, 3.63) is 16.8 Å². The van der Waals surface area contributed by atoms with Crippen LogP contribution in [0, 0.1) is 19.8 Å². The minimum absolute atomic E-state index is 0.238. The molecule has 1 unspecified atom stereocenters. The molecule has 2 N–H and O–H groups in total. The van der Waals surface area contributed by atoms with E-state index in [1.807, 2.05) is 0 Å². The van der Waals surface area contributed by atoms with Gasteiger partial charge in [-0.2, -0.15) is 5.10 Å². The smallest absolute Gasteiger partial charge is 0.339 e. The van der Waals surface area contributed by atoms with Gasteiger partial charge in [0.15, 0.2) is 5.82 Å². The zero-order chi connectivity index (χ0) is 14.7. The molecule has 20 heavy (non-hydrogen) atoms. The summed E-state index contributed by atoms with van der Waals surface area (Å²) in [6.45, 7) is 6.46. The molecule has 1 aliphatic heterocycles. The summed E-state index contributed by atoms with van der Waals surface area (Å²) < 4.78 is 0. The van der Waals surface area contributed by atoms with Crippen molar-refractivity contribution in [1.29, 1.82) is 0 Å². The van der Waals surface area contributed by atoms with Gasteiger partial charge in [0, 0.05) is 13.1 Å². The summed E-state index contributed by atoms with van der Waals surface area (Å²) in [6.07, 6.45) is 2.35. The van der Waals surface area contributed by atoms with Crippen molar-refractivity contribution in [3.63, 3.8) is 0 Å². The third-order valence-electron chi connectivity index (χ3n) is 3.95. The fourth-order valence-electron chi connectivity index (χ4n) is 2.67. The van der Waals surface area contributed by atoms with Gasteiger partial charge in [0.2, 0.25) is 0 Å². The van der Waals surface area contributed by atoms with Gasteiger partial charge < -0.3 is 15.3 Å². The molecule has 0 saturated carbocycles. The van der Waals surface area contributed by atoms with Gasteiger partial charge in [0.05, 0.1) is 5.69 Å². The third kappa shape index (κ3) is 3.25. The highest BCUT2D eigenvalue weighted by Crippen LogP contribution is 2.20. The summed E-state index contributed by atoms with van der Waals surface area (Å²) >= 11 is 0. The lowest BCUT2D eigenvalue weighted by Crippen LogP contribution is -2.35. The van der Waals surface area contributed by atoms with E-state index in [0.29, 0.717) is 23.0 Å². The fourth-order valence-corrected chi connectivity index (χ4v) is 2.67. The Morgan fingerprint density at radius 1 is 1.45 bits per heavy atom. The van der Waals surface area contributed by atoms with Gasteiger partial charge in [-0.25, -0.2) is 4.79 Å². The molecule has 2 rings (SSSR count). The Hall–Kier alpha value is -1.69. The number of aromatic carboxylic acids is 1. The molecule has 110 valence electrons. The highest BCUT2D eigenvalue weighted by molar-refractivity contribution is 5.94. The molecule has 1 saturated heterocycles. The SMILES string of the molecule is Cc1nnc(NCC2CCCN(C)C2)c(C(=O)O)c1C. The maximum Gasteiger partial charge on any atom is 0.339 e. The number of likely N-dealkylation sites (tertiary alicyclic amines) is 1. The van der Waals surface area contributed by atoms with Crippen molar-refractivity contribution in [1.82, 2.24) is 15.1 Å². The van der Waals surface area contributed by atoms with Gasteiger partial charge in [0.1, 0.15) is 5.56 Å². The molecule has 6 nitrogen and oxygen atoms in total. The van der Waals surface area contributed by atoms with E-state index in [9.17, 15) is 9.90 Å². The van der Waals surface area contributed by atoms with E-state index in [1.165, 1.54) is 6.42 Å². The Morgan fingerprint density at radius 3 is 2.85 bits per heavy atom. The number of hydrogen-bond acceptors (Lipinski definition) is 5. The number of aromatic nitrogens is 2. The van der Waals surface area contributed by atoms with Crippen LogP contribution in [0.15, 0.2) is 0 Å². The number of anilines is 1. The highest BCUT2D eigenvalue weighted by Gasteiger charge is 2.20. The Morgan fingerprint density at radius 2 is 2.20 bits per heavy atom. The van der Waals surface area contributed by atoms with E-state index < -0.39 is 5.97 Å². The average molecular weight is 278 g/mol. The summed E-state index contributed by atoms with van der Waals surface area (Å²) in [4.78, 5) is 13.7. The van der Waals surface area contributed by atoms with Crippen LogP contribution in [0.25, 0.3) is 0 Å². The second-order valence-corrected chi connectivity index (χ2v) is 5.59. The molecule has 1 aromatic heterocycles. The van der Waals surface area contributed by atoms with Crippen molar-refractivity contribution in [2.75, 3.05) is 32.0 Å². The van der Waals surface area contributed by atoms with Crippen LogP contribution in [0.5, 0.6) is 0 Å². The summed E-state index contributed by atoms with van der Waals surface area (Å²) in [5.41, 5.74) is 1.57. The van der Waals surface area contributed by atoms with E-state index in [1.54, 1.807) is 13.8 Å². The number of nitrogens with one attached hydrogen (secondary N) is 1. The first-order valence-electron chi connectivity index (χ1n) is 6.98. The largest absolute Gasteiger partial charge is 0.478 e. The number of carboxylic acids is 1. The second kappa shape index (κ2) is 6.17. The lowest BCUT2D eigenvalue weighted by molar-refractivity contribution is 0.0696. The van der Waals surface area contributed by atoms with E-state index in [2.05, 4.69) is 27.5 Å². The lowest BCUT2D eigenvalue weighted by atomic mass is 9.98. The number of hydrogen-bond donors (Lipinski definition) is 2. The minimum Gasteiger partial charge on any atom is -0.478 e. The number of piperidine rings is 1. The zero-order valence-corrected chi connectivity index (χ0v) is 12.3. The van der Waals surface area contributed by atoms with Crippen molar-refractivity contribution < 1.29 is 9.90 Å². The molecule has 0 aromatic carbocycles. The summed E-state index contributed by atoms with van der Waals surface area (Å²) in [6, 6.07) is 0. The van der Waals surface area contributed by atoms with Crippen LogP contribution in [-0.2, 0) is 0 Å². The maximum absolute atomic E-state index is 11.4. The first-order chi connectivity index (χ1) is 9.49. The topological polar surface area (TPSA) is 78.4 Å². The Balaban J connectivity index is 2.09. The molecule has 0 radical (unpaired) electrons. The standard InChI is InChI=1S/C14H22N4O2/c1-9-10(2)16-17-13(12(9)14(19)20)15-7-11-5-4-6-18(3)8-11/h11H,4-8H2,1-3H3,(H,15,17)(H,19,20). The molecule has 1 aliphatic rings. The molecular formula is C14H22N4O2. The molecule has 1 atom stereocenters. The van der Waals surface area contributed by atoms with Crippen LogP contribution in [0.3, 0.4) is 0 Å². The molecule has 0 aliphatic carbocycles. The van der Waals surface area contributed by atoms with Crippen LogP contribution in [0.1, 0.15) is 34.5 Å². The molecule has 0 bridgehead atoms. The summed E-state index contributed by atoms with van der Waals surface area (Å²) in [5.74, 6) is -0.0450. The number of rotatable bonds is 4. The quantitative estimate of drug-likeness (QED) is 0.870. The average Bonchev–Trinajstić information content (AvgIpc) is 2.39. The van der Waals surface area contributed by atoms with Crippen LogP contribution < -0.4 is 5.32 Å². The van der Waals surface area contributed by atoms with Gasteiger partial charge in [-0.3, -0.25) is 0 Å². The van der Waals surface area contributed by atoms with Crippen molar-refractivity contribution in [2.24, 2.45) is 5.92 Å². The third-order valence-corrected chi connectivity index (χ3v) is 3.95. The van der Waals surface area contributed by atoms with Crippen LogP contribution in [0.2, 0.25) is 0 Å². The normalized spacial score (nSPS) is 19.9. The minimum atomic E-state index is -0.955.